The Bertz CT molecular complexity index is 1010. The average molecular weight is 437 g/mol. The number of aromatic nitrogens is 3. The molecule has 1 N–H and O–H groups in total. The van der Waals surface area contributed by atoms with E-state index >= 15 is 0 Å². The minimum Gasteiger partial charge on any atom is -0.495 e. The Labute approximate surface area is 177 Å². The van der Waals surface area contributed by atoms with E-state index in [1.807, 2.05) is 29.8 Å². The van der Waals surface area contributed by atoms with Crippen LogP contribution in [0.3, 0.4) is 0 Å². The smallest absolute Gasteiger partial charge is 0.237 e. The molecule has 0 fully saturated rings. The van der Waals surface area contributed by atoms with E-state index < -0.39 is 5.25 Å². The van der Waals surface area contributed by atoms with Crippen molar-refractivity contribution in [2.24, 2.45) is 7.05 Å². The van der Waals surface area contributed by atoms with Gasteiger partial charge in [0.15, 0.2) is 11.0 Å². The SMILES string of the molecule is COc1ccc(Cl)cc1NC(=O)C(C)Sc1nnc(-c2ccccc2Cl)n1C. The van der Waals surface area contributed by atoms with E-state index in [1.54, 1.807) is 31.2 Å². The number of carbonyl (C=O) groups excluding carboxylic acids is 1. The van der Waals surface area contributed by atoms with Crippen LogP contribution in [0.2, 0.25) is 10.0 Å². The lowest BCUT2D eigenvalue weighted by Gasteiger charge is -2.14. The summed E-state index contributed by atoms with van der Waals surface area (Å²) in [4.78, 5) is 12.6. The van der Waals surface area contributed by atoms with Gasteiger partial charge in [0, 0.05) is 17.6 Å². The summed E-state index contributed by atoms with van der Waals surface area (Å²) in [7, 11) is 3.37. The molecule has 146 valence electrons. The number of rotatable bonds is 6. The van der Waals surface area contributed by atoms with Crippen LogP contribution in [0.25, 0.3) is 11.4 Å². The molecule has 6 nitrogen and oxygen atoms in total. The molecule has 0 saturated carbocycles. The van der Waals surface area contributed by atoms with Crippen molar-refractivity contribution in [3.63, 3.8) is 0 Å². The van der Waals surface area contributed by atoms with Gasteiger partial charge in [0.05, 0.1) is 23.1 Å². The van der Waals surface area contributed by atoms with Gasteiger partial charge in [0.1, 0.15) is 5.75 Å². The van der Waals surface area contributed by atoms with Gasteiger partial charge in [0.25, 0.3) is 0 Å². The first-order valence-corrected chi connectivity index (χ1v) is 9.99. The van der Waals surface area contributed by atoms with Gasteiger partial charge in [-0.05, 0) is 37.3 Å². The molecule has 0 aliphatic carbocycles. The van der Waals surface area contributed by atoms with Crippen LogP contribution < -0.4 is 10.1 Å². The Morgan fingerprint density at radius 2 is 1.96 bits per heavy atom. The number of ether oxygens (including phenoxy) is 1. The fraction of sp³-hybridized carbons (Fsp3) is 0.211. The summed E-state index contributed by atoms with van der Waals surface area (Å²) in [6, 6.07) is 12.5. The number of nitrogens with one attached hydrogen (secondary N) is 1. The first-order valence-electron chi connectivity index (χ1n) is 8.36. The molecular formula is C19H18Cl2N4O2S. The highest BCUT2D eigenvalue weighted by Gasteiger charge is 2.21. The van der Waals surface area contributed by atoms with Gasteiger partial charge in [0.2, 0.25) is 5.91 Å². The first-order chi connectivity index (χ1) is 13.4. The number of benzene rings is 2. The third-order valence-corrected chi connectivity index (χ3v) is 5.72. The van der Waals surface area contributed by atoms with E-state index in [4.69, 9.17) is 27.9 Å². The molecule has 1 aromatic heterocycles. The number of nitrogens with zero attached hydrogens (tertiary/aromatic N) is 3. The number of methoxy groups -OCH3 is 1. The summed E-state index contributed by atoms with van der Waals surface area (Å²) in [6.07, 6.45) is 0. The van der Waals surface area contributed by atoms with Gasteiger partial charge < -0.3 is 14.6 Å². The third-order valence-electron chi connectivity index (χ3n) is 4.02. The van der Waals surface area contributed by atoms with Crippen molar-refractivity contribution in [1.82, 2.24) is 14.8 Å². The van der Waals surface area contributed by atoms with Crippen molar-refractivity contribution >= 4 is 46.6 Å². The van der Waals surface area contributed by atoms with Gasteiger partial charge in [-0.25, -0.2) is 0 Å². The Balaban J connectivity index is 1.75. The fourth-order valence-electron chi connectivity index (χ4n) is 2.52. The molecule has 1 heterocycles. The van der Waals surface area contributed by atoms with Gasteiger partial charge in [-0.2, -0.15) is 0 Å². The predicted molar refractivity (Wildman–Crippen MR) is 113 cm³/mol. The second kappa shape index (κ2) is 8.86. The van der Waals surface area contributed by atoms with Gasteiger partial charge in [-0.15, -0.1) is 10.2 Å². The zero-order valence-electron chi connectivity index (χ0n) is 15.4. The summed E-state index contributed by atoms with van der Waals surface area (Å²) < 4.78 is 7.08. The molecule has 0 aliphatic heterocycles. The average Bonchev–Trinajstić information content (AvgIpc) is 3.02. The number of carbonyl (C=O) groups is 1. The maximum atomic E-state index is 12.6. The molecule has 1 unspecified atom stereocenters. The molecule has 0 bridgehead atoms. The number of thioether (sulfide) groups is 1. The van der Waals surface area contributed by atoms with Crippen LogP contribution in [0.15, 0.2) is 47.6 Å². The lowest BCUT2D eigenvalue weighted by Crippen LogP contribution is -2.23. The molecule has 0 aliphatic rings. The van der Waals surface area contributed by atoms with Crippen LogP contribution >= 0.6 is 35.0 Å². The van der Waals surface area contributed by atoms with Crippen LogP contribution in [-0.4, -0.2) is 33.0 Å². The molecule has 0 spiro atoms. The minimum atomic E-state index is -0.425. The van der Waals surface area contributed by atoms with Crippen molar-refractivity contribution in [3.8, 4) is 17.1 Å². The predicted octanol–water partition coefficient (Wildman–Crippen LogP) is 4.92. The molecule has 9 heteroatoms. The first kappa shape index (κ1) is 20.5. The highest BCUT2D eigenvalue weighted by atomic mass is 35.5. The molecule has 2 aromatic carbocycles. The van der Waals surface area contributed by atoms with Crippen LogP contribution in [0.1, 0.15) is 6.92 Å². The summed E-state index contributed by atoms with van der Waals surface area (Å²) in [6.45, 7) is 1.79. The topological polar surface area (TPSA) is 69.0 Å². The molecule has 0 radical (unpaired) electrons. The second-order valence-corrected chi connectivity index (χ2v) is 8.09. The van der Waals surface area contributed by atoms with Gasteiger partial charge in [-0.1, -0.05) is 47.1 Å². The summed E-state index contributed by atoms with van der Waals surface area (Å²) in [5, 5.41) is 12.5. The van der Waals surface area contributed by atoms with Crippen molar-refractivity contribution < 1.29 is 9.53 Å². The Morgan fingerprint density at radius 1 is 1.21 bits per heavy atom. The summed E-state index contributed by atoms with van der Waals surface area (Å²) in [5.74, 6) is 0.972. The molecule has 3 aromatic rings. The zero-order chi connectivity index (χ0) is 20.3. The van der Waals surface area contributed by atoms with E-state index in [-0.39, 0.29) is 5.91 Å². The highest BCUT2D eigenvalue weighted by Crippen LogP contribution is 2.31. The maximum Gasteiger partial charge on any atom is 0.237 e. The highest BCUT2D eigenvalue weighted by molar-refractivity contribution is 8.00. The normalized spacial score (nSPS) is 11.9. The van der Waals surface area contributed by atoms with E-state index in [9.17, 15) is 4.79 Å². The molecule has 28 heavy (non-hydrogen) atoms. The summed E-state index contributed by atoms with van der Waals surface area (Å²) in [5.41, 5.74) is 1.30. The number of hydrogen-bond acceptors (Lipinski definition) is 5. The third kappa shape index (κ3) is 4.43. The maximum absolute atomic E-state index is 12.6. The lowest BCUT2D eigenvalue weighted by molar-refractivity contribution is -0.115. The number of hydrogen-bond donors (Lipinski definition) is 1. The van der Waals surface area contributed by atoms with E-state index in [0.717, 1.165) is 5.56 Å². The molecular weight excluding hydrogens is 419 g/mol. The van der Waals surface area contributed by atoms with Crippen molar-refractivity contribution in [3.05, 3.63) is 52.5 Å². The van der Waals surface area contributed by atoms with E-state index in [1.165, 1.54) is 18.9 Å². The molecule has 1 amide bonds. The quantitative estimate of drug-likeness (QED) is 0.555. The zero-order valence-corrected chi connectivity index (χ0v) is 17.8. The van der Waals surface area contributed by atoms with Crippen LogP contribution in [0, 0.1) is 0 Å². The Hall–Kier alpha value is -2.22. The van der Waals surface area contributed by atoms with Crippen LogP contribution in [-0.2, 0) is 11.8 Å². The van der Waals surface area contributed by atoms with Gasteiger partial charge >= 0.3 is 0 Å². The van der Waals surface area contributed by atoms with Crippen LogP contribution in [0.4, 0.5) is 5.69 Å². The summed E-state index contributed by atoms with van der Waals surface area (Å²) >= 11 is 13.6. The molecule has 0 saturated heterocycles. The van der Waals surface area contributed by atoms with E-state index in [2.05, 4.69) is 15.5 Å². The number of anilines is 1. The second-order valence-electron chi connectivity index (χ2n) is 5.94. The van der Waals surface area contributed by atoms with Crippen molar-refractivity contribution in [1.29, 1.82) is 0 Å². The van der Waals surface area contributed by atoms with E-state index in [0.29, 0.717) is 32.5 Å². The molecule has 1 atom stereocenters. The Kier molecular flexibility index (Phi) is 6.49. The lowest BCUT2D eigenvalue weighted by atomic mass is 10.2. The van der Waals surface area contributed by atoms with Crippen LogP contribution in [0.5, 0.6) is 5.75 Å². The monoisotopic (exact) mass is 436 g/mol. The minimum absolute atomic E-state index is 0.201. The number of amides is 1. The molecule has 3 rings (SSSR count). The Morgan fingerprint density at radius 3 is 2.68 bits per heavy atom. The van der Waals surface area contributed by atoms with Crippen molar-refractivity contribution in [2.75, 3.05) is 12.4 Å². The fourth-order valence-corrected chi connectivity index (χ4v) is 3.73. The standard InChI is InChI=1S/C19H18Cl2N4O2S/c1-11(18(26)22-15-10-12(20)8-9-16(15)27-3)28-19-24-23-17(25(19)2)13-6-4-5-7-14(13)21/h4-11H,1-3H3,(H,22,26). The largest absolute Gasteiger partial charge is 0.495 e. The van der Waals surface area contributed by atoms with Crippen molar-refractivity contribution in [2.45, 2.75) is 17.3 Å². The van der Waals surface area contributed by atoms with Gasteiger partial charge in [-0.3, -0.25) is 4.79 Å². The number of halogens is 2.